The predicted molar refractivity (Wildman–Crippen MR) is 119 cm³/mol. The van der Waals surface area contributed by atoms with Crippen molar-refractivity contribution in [3.63, 3.8) is 0 Å². The zero-order valence-corrected chi connectivity index (χ0v) is 18.0. The summed E-state index contributed by atoms with van der Waals surface area (Å²) in [6.45, 7) is 5.76. The molecule has 162 valence electrons. The van der Waals surface area contributed by atoms with Crippen LogP contribution in [0.25, 0.3) is 17.5 Å². The molecule has 4 heterocycles. The van der Waals surface area contributed by atoms with Crippen LogP contribution < -0.4 is 10.2 Å². The van der Waals surface area contributed by atoms with Crippen molar-refractivity contribution in [3.8, 4) is 11.4 Å². The van der Waals surface area contributed by atoms with Crippen molar-refractivity contribution in [3.05, 3.63) is 41.4 Å². The van der Waals surface area contributed by atoms with Crippen LogP contribution in [0.15, 0.2) is 24.4 Å². The molecule has 2 aromatic rings. The van der Waals surface area contributed by atoms with Gasteiger partial charge in [-0.1, -0.05) is 12.2 Å². The van der Waals surface area contributed by atoms with Gasteiger partial charge < -0.3 is 19.9 Å². The van der Waals surface area contributed by atoms with Gasteiger partial charge in [0.1, 0.15) is 5.82 Å². The molecule has 2 aliphatic heterocycles. The Balaban J connectivity index is 1.56. The van der Waals surface area contributed by atoms with E-state index in [1.54, 1.807) is 7.05 Å². The average Bonchev–Trinajstić information content (AvgIpc) is 3.48. The van der Waals surface area contributed by atoms with Crippen LogP contribution in [0.2, 0.25) is 0 Å². The van der Waals surface area contributed by atoms with E-state index in [0.717, 1.165) is 60.1 Å². The van der Waals surface area contributed by atoms with E-state index in [9.17, 15) is 4.79 Å². The Morgan fingerprint density at radius 3 is 3.03 bits per heavy atom. The minimum Gasteiger partial charge on any atom is -0.377 e. The molecular weight excluding hydrogens is 392 g/mol. The molecule has 8 heteroatoms. The van der Waals surface area contributed by atoms with Gasteiger partial charge in [-0.3, -0.25) is 4.98 Å². The molecule has 1 unspecified atom stereocenters. The Kier molecular flexibility index (Phi) is 5.31. The van der Waals surface area contributed by atoms with E-state index in [1.807, 2.05) is 17.2 Å². The van der Waals surface area contributed by atoms with E-state index < -0.39 is 0 Å². The molecule has 2 amide bonds. The molecule has 2 saturated heterocycles. The smallest absolute Gasteiger partial charge is 0.317 e. The minimum absolute atomic E-state index is 0.0316. The van der Waals surface area contributed by atoms with E-state index in [1.165, 1.54) is 0 Å². The van der Waals surface area contributed by atoms with E-state index >= 15 is 0 Å². The molecule has 0 aromatic carbocycles. The molecule has 0 bridgehead atoms. The maximum absolute atomic E-state index is 12.1. The van der Waals surface area contributed by atoms with E-state index in [0.29, 0.717) is 19.8 Å². The van der Waals surface area contributed by atoms with Crippen LogP contribution in [0.5, 0.6) is 0 Å². The Labute approximate surface area is 182 Å². The zero-order valence-electron chi connectivity index (χ0n) is 18.0. The molecule has 0 radical (unpaired) electrons. The second kappa shape index (κ2) is 8.26. The summed E-state index contributed by atoms with van der Waals surface area (Å²) in [6, 6.07) is 4.33. The fraction of sp³-hybridized carbons (Fsp3) is 0.478. The minimum atomic E-state index is -0.0316. The third kappa shape index (κ3) is 3.76. The lowest BCUT2D eigenvalue weighted by Crippen LogP contribution is -2.44. The van der Waals surface area contributed by atoms with Crippen LogP contribution >= 0.6 is 0 Å². The number of urea groups is 1. The van der Waals surface area contributed by atoms with Crippen molar-refractivity contribution in [2.75, 3.05) is 44.8 Å². The topological polar surface area (TPSA) is 83.5 Å². The third-order valence-corrected chi connectivity index (χ3v) is 6.41. The van der Waals surface area contributed by atoms with Gasteiger partial charge in [0.05, 0.1) is 30.6 Å². The number of likely N-dealkylation sites (tertiary alicyclic amines) is 1. The Morgan fingerprint density at radius 2 is 2.19 bits per heavy atom. The lowest BCUT2D eigenvalue weighted by Gasteiger charge is -2.34. The number of fused-ring (bicyclic) bond motifs is 1. The number of rotatable bonds is 3. The predicted octanol–water partition coefficient (Wildman–Crippen LogP) is 2.46. The van der Waals surface area contributed by atoms with Crippen molar-refractivity contribution in [1.82, 2.24) is 25.2 Å². The summed E-state index contributed by atoms with van der Waals surface area (Å²) in [4.78, 5) is 30.8. The second-order valence-electron chi connectivity index (χ2n) is 8.40. The number of amides is 2. The number of anilines is 1. The van der Waals surface area contributed by atoms with Crippen molar-refractivity contribution < 1.29 is 9.53 Å². The lowest BCUT2D eigenvalue weighted by molar-refractivity contribution is 0.0985. The third-order valence-electron chi connectivity index (χ3n) is 6.41. The Hall–Kier alpha value is -3.00. The molecule has 5 rings (SSSR count). The van der Waals surface area contributed by atoms with Crippen LogP contribution in [0, 0.1) is 0 Å². The summed E-state index contributed by atoms with van der Waals surface area (Å²) in [5, 5.41) is 2.73. The number of pyridine rings is 1. The number of hydrogen-bond donors (Lipinski definition) is 1. The summed E-state index contributed by atoms with van der Waals surface area (Å²) >= 11 is 0. The van der Waals surface area contributed by atoms with Crippen LogP contribution in [-0.4, -0.2) is 71.8 Å². The highest BCUT2D eigenvalue weighted by Crippen LogP contribution is 2.33. The highest BCUT2D eigenvalue weighted by molar-refractivity contribution is 5.76. The molecule has 2 fully saturated rings. The number of nitrogens with one attached hydrogen (secondary N) is 1. The van der Waals surface area contributed by atoms with Gasteiger partial charge in [-0.05, 0) is 19.4 Å². The van der Waals surface area contributed by atoms with Gasteiger partial charge in [0.15, 0.2) is 5.82 Å². The molecule has 2 atom stereocenters. The van der Waals surface area contributed by atoms with Gasteiger partial charge in [-0.25, -0.2) is 14.8 Å². The summed E-state index contributed by atoms with van der Waals surface area (Å²) in [5.74, 6) is 1.86. The second-order valence-corrected chi connectivity index (χ2v) is 8.40. The van der Waals surface area contributed by atoms with E-state index in [-0.39, 0.29) is 18.0 Å². The number of morpholine rings is 1. The molecule has 1 N–H and O–H groups in total. The highest BCUT2D eigenvalue weighted by Gasteiger charge is 2.30. The Bertz CT molecular complexity index is 1020. The first kappa shape index (κ1) is 19.9. The number of hydrogen-bond acceptors (Lipinski definition) is 6. The molecule has 0 spiro atoms. The quantitative estimate of drug-likeness (QED) is 0.821. The van der Waals surface area contributed by atoms with Crippen molar-refractivity contribution in [2.45, 2.75) is 31.7 Å². The van der Waals surface area contributed by atoms with Crippen LogP contribution in [0.3, 0.4) is 0 Å². The van der Waals surface area contributed by atoms with Crippen molar-refractivity contribution in [1.29, 1.82) is 0 Å². The fourth-order valence-electron chi connectivity index (χ4n) is 4.69. The standard InChI is InChI=1S/C23H28N6O2/c1-15-14-31-11-10-29(15)21-12-20(16-7-9-28(13-16)23(30)24-2)26-22(27-21)18-6-8-25-19-5-3-4-17(18)19/h3-4,6,8,12,15-16H,5,7,9-11,13-14H2,1-2H3,(H,24,30)/t15-,16?/m1/s1. The largest absolute Gasteiger partial charge is 0.377 e. The summed E-state index contributed by atoms with van der Waals surface area (Å²) < 4.78 is 5.64. The van der Waals surface area contributed by atoms with Crippen LogP contribution in [0.1, 0.15) is 36.2 Å². The summed E-state index contributed by atoms with van der Waals surface area (Å²) in [5.41, 5.74) is 4.19. The fourth-order valence-corrected chi connectivity index (χ4v) is 4.69. The molecule has 31 heavy (non-hydrogen) atoms. The molecule has 8 nitrogen and oxygen atoms in total. The molecular formula is C23H28N6O2. The SMILES string of the molecule is CNC(=O)N1CCC(c2cc(N3CCOC[C@H]3C)nc(-c3ccnc4c3C=CC4)n2)C1. The van der Waals surface area contributed by atoms with Crippen molar-refractivity contribution in [2.24, 2.45) is 0 Å². The van der Waals surface area contributed by atoms with Gasteiger partial charge in [-0.15, -0.1) is 0 Å². The summed E-state index contributed by atoms with van der Waals surface area (Å²) in [7, 11) is 1.67. The monoisotopic (exact) mass is 420 g/mol. The lowest BCUT2D eigenvalue weighted by atomic mass is 10.0. The van der Waals surface area contributed by atoms with Gasteiger partial charge in [0.25, 0.3) is 0 Å². The van der Waals surface area contributed by atoms with Gasteiger partial charge in [-0.2, -0.15) is 0 Å². The van der Waals surface area contributed by atoms with E-state index in [2.05, 4.69) is 40.3 Å². The van der Waals surface area contributed by atoms with Gasteiger partial charge in [0.2, 0.25) is 0 Å². The van der Waals surface area contributed by atoms with Crippen molar-refractivity contribution >= 4 is 17.9 Å². The van der Waals surface area contributed by atoms with Gasteiger partial charge in [0, 0.05) is 62.4 Å². The number of nitrogens with zero attached hydrogens (tertiary/aromatic N) is 5. The first-order valence-electron chi connectivity index (χ1n) is 11.0. The maximum atomic E-state index is 12.1. The van der Waals surface area contributed by atoms with Gasteiger partial charge >= 0.3 is 6.03 Å². The molecule has 2 aromatic heterocycles. The number of aromatic nitrogens is 3. The normalized spacial score (nSPS) is 22.6. The number of carbonyl (C=O) groups is 1. The first-order chi connectivity index (χ1) is 15.1. The number of allylic oxidation sites excluding steroid dienone is 1. The Morgan fingerprint density at radius 1 is 1.29 bits per heavy atom. The highest BCUT2D eigenvalue weighted by atomic mass is 16.5. The van der Waals surface area contributed by atoms with E-state index in [4.69, 9.17) is 14.7 Å². The number of carbonyl (C=O) groups excluding carboxylic acids is 1. The maximum Gasteiger partial charge on any atom is 0.317 e. The van der Waals surface area contributed by atoms with Crippen LogP contribution in [-0.2, 0) is 11.2 Å². The first-order valence-corrected chi connectivity index (χ1v) is 11.0. The summed E-state index contributed by atoms with van der Waals surface area (Å²) in [6.07, 6.45) is 7.84. The number of ether oxygens (including phenoxy) is 1. The molecule has 1 aliphatic carbocycles. The van der Waals surface area contributed by atoms with Crippen LogP contribution in [0.4, 0.5) is 10.6 Å². The average molecular weight is 421 g/mol. The zero-order chi connectivity index (χ0) is 21.4. The molecule has 0 saturated carbocycles. The molecule has 3 aliphatic rings.